The van der Waals surface area contributed by atoms with Crippen molar-refractivity contribution in [2.75, 3.05) is 52.4 Å². The lowest BCUT2D eigenvalue weighted by atomic mass is 9.94. The molecule has 8 rings (SSSR count). The topological polar surface area (TPSA) is 157 Å². The van der Waals surface area contributed by atoms with Crippen molar-refractivity contribution in [3.8, 4) is 11.1 Å². The summed E-state index contributed by atoms with van der Waals surface area (Å²) >= 11 is 0. The van der Waals surface area contributed by atoms with Gasteiger partial charge in [-0.2, -0.15) is 0 Å². The molecule has 2 aliphatic heterocycles. The molecular formula is C58H56F4N6O6. The molecule has 0 aliphatic carbocycles. The molecule has 4 N–H and O–H groups in total. The molecule has 0 saturated carbocycles. The van der Waals surface area contributed by atoms with E-state index in [2.05, 4.69) is 21.3 Å². The van der Waals surface area contributed by atoms with E-state index >= 15 is 0 Å². The van der Waals surface area contributed by atoms with Gasteiger partial charge in [0.2, 0.25) is 23.6 Å². The quantitative estimate of drug-likeness (QED) is 0.0661. The SMILES string of the molecule is O=C(NCCc1ccc(F)cc1)C1CN(C(=O)c2ccc(-c3ccc(C(=O)N4CC(C(=O)NCCc5ccc(F)cc5)[C@H](C(=O)NCCc5ccc(F)cc5)C4)cc3)cc2)CC1C(=O)NCCc1ccc(F)cc1. The first-order chi connectivity index (χ1) is 35.8. The van der Waals surface area contributed by atoms with Crippen molar-refractivity contribution in [3.05, 3.63) is 202 Å². The maximum Gasteiger partial charge on any atom is 0.253 e. The van der Waals surface area contributed by atoms with Crippen molar-refractivity contribution in [1.29, 1.82) is 0 Å². The van der Waals surface area contributed by atoms with Gasteiger partial charge in [-0.05, 0) is 132 Å². The Kier molecular flexibility index (Phi) is 17.3. The summed E-state index contributed by atoms with van der Waals surface area (Å²) in [5, 5.41) is 11.6. The van der Waals surface area contributed by atoms with E-state index in [1.54, 1.807) is 97.1 Å². The van der Waals surface area contributed by atoms with Gasteiger partial charge >= 0.3 is 0 Å². The maximum atomic E-state index is 14.0. The smallest absolute Gasteiger partial charge is 0.253 e. The number of hydrogen-bond donors (Lipinski definition) is 4. The summed E-state index contributed by atoms with van der Waals surface area (Å²) in [5.41, 5.74) is 5.46. The third-order valence-corrected chi connectivity index (χ3v) is 13.7. The van der Waals surface area contributed by atoms with Crippen LogP contribution in [-0.4, -0.2) is 97.6 Å². The molecule has 2 saturated heterocycles. The van der Waals surface area contributed by atoms with E-state index in [-0.39, 0.29) is 111 Å². The van der Waals surface area contributed by atoms with Gasteiger partial charge in [0.1, 0.15) is 23.3 Å². The lowest BCUT2D eigenvalue weighted by molar-refractivity contribution is -0.132. The number of carbonyl (C=O) groups excluding carboxylic acids is 6. The molecule has 2 heterocycles. The van der Waals surface area contributed by atoms with E-state index in [1.807, 2.05) is 0 Å². The highest BCUT2D eigenvalue weighted by molar-refractivity contribution is 5.98. The number of nitrogens with zero attached hydrogens (tertiary/aromatic N) is 2. The van der Waals surface area contributed by atoms with E-state index in [0.717, 1.165) is 33.4 Å². The zero-order chi connectivity index (χ0) is 52.1. The number of amides is 6. The molecule has 0 spiro atoms. The van der Waals surface area contributed by atoms with Crippen molar-refractivity contribution < 1.29 is 46.3 Å². The van der Waals surface area contributed by atoms with Crippen LogP contribution in [0.1, 0.15) is 43.0 Å². The van der Waals surface area contributed by atoms with Gasteiger partial charge < -0.3 is 31.1 Å². The van der Waals surface area contributed by atoms with Gasteiger partial charge in [0.25, 0.3) is 11.8 Å². The Labute approximate surface area is 426 Å². The molecule has 0 aromatic heterocycles. The summed E-state index contributed by atoms with van der Waals surface area (Å²) in [5.74, 6) is -7.13. The molecule has 6 aromatic carbocycles. The number of benzene rings is 6. The molecule has 12 nitrogen and oxygen atoms in total. The number of carbonyl (C=O) groups is 6. The minimum Gasteiger partial charge on any atom is -0.355 e. The fourth-order valence-corrected chi connectivity index (χ4v) is 9.43. The first kappa shape index (κ1) is 52.2. The minimum atomic E-state index is -0.844. The molecule has 0 radical (unpaired) electrons. The van der Waals surface area contributed by atoms with Crippen molar-refractivity contribution in [2.24, 2.45) is 23.7 Å². The third-order valence-electron chi connectivity index (χ3n) is 13.7. The van der Waals surface area contributed by atoms with Crippen molar-refractivity contribution in [3.63, 3.8) is 0 Å². The van der Waals surface area contributed by atoms with Crippen LogP contribution in [0.15, 0.2) is 146 Å². The fraction of sp³-hybridized carbons (Fsp3) is 0.276. The summed E-state index contributed by atoms with van der Waals surface area (Å²) in [6, 6.07) is 37.5. The Morgan fingerprint density at radius 3 is 0.770 bits per heavy atom. The van der Waals surface area contributed by atoms with Crippen LogP contribution in [0.4, 0.5) is 17.6 Å². The molecular weight excluding hydrogens is 953 g/mol. The van der Waals surface area contributed by atoms with Gasteiger partial charge in [0, 0.05) is 63.5 Å². The summed E-state index contributed by atoms with van der Waals surface area (Å²) in [7, 11) is 0. The fourth-order valence-electron chi connectivity index (χ4n) is 9.43. The van der Waals surface area contributed by atoms with Crippen LogP contribution < -0.4 is 21.3 Å². The molecule has 4 atom stereocenters. The number of likely N-dealkylation sites (tertiary alicyclic amines) is 2. The van der Waals surface area contributed by atoms with Crippen molar-refractivity contribution in [1.82, 2.24) is 31.1 Å². The number of rotatable bonds is 19. The Morgan fingerprint density at radius 1 is 0.338 bits per heavy atom. The predicted octanol–water partition coefficient (Wildman–Crippen LogP) is 6.72. The highest BCUT2D eigenvalue weighted by Crippen LogP contribution is 2.29. The molecule has 2 aliphatic rings. The second-order valence-electron chi connectivity index (χ2n) is 18.7. The highest BCUT2D eigenvalue weighted by Gasteiger charge is 2.45. The zero-order valence-electron chi connectivity index (χ0n) is 40.5. The van der Waals surface area contributed by atoms with Gasteiger partial charge in [0.05, 0.1) is 23.7 Å². The van der Waals surface area contributed by atoms with Gasteiger partial charge in [-0.3, -0.25) is 28.8 Å². The summed E-state index contributed by atoms with van der Waals surface area (Å²) in [4.78, 5) is 85.5. The second kappa shape index (κ2) is 24.5. The average molecular weight is 1010 g/mol. The molecule has 74 heavy (non-hydrogen) atoms. The van der Waals surface area contributed by atoms with E-state index < -0.39 is 23.7 Å². The Bertz CT molecular complexity index is 2580. The number of nitrogens with one attached hydrogen (secondary N) is 4. The molecule has 382 valence electrons. The van der Waals surface area contributed by atoms with Crippen LogP contribution >= 0.6 is 0 Å². The predicted molar refractivity (Wildman–Crippen MR) is 270 cm³/mol. The number of halogens is 4. The van der Waals surface area contributed by atoms with E-state index in [9.17, 15) is 46.3 Å². The largest absolute Gasteiger partial charge is 0.355 e. The van der Waals surface area contributed by atoms with Crippen LogP contribution in [0.3, 0.4) is 0 Å². The second-order valence-corrected chi connectivity index (χ2v) is 18.7. The lowest BCUT2D eigenvalue weighted by Crippen LogP contribution is -2.42. The number of hydrogen-bond acceptors (Lipinski definition) is 6. The molecule has 2 fully saturated rings. The molecule has 6 amide bonds. The van der Waals surface area contributed by atoms with E-state index in [4.69, 9.17) is 0 Å². The van der Waals surface area contributed by atoms with Crippen molar-refractivity contribution >= 4 is 35.4 Å². The van der Waals surface area contributed by atoms with Crippen LogP contribution in [0.25, 0.3) is 11.1 Å². The van der Waals surface area contributed by atoms with Crippen LogP contribution in [0.5, 0.6) is 0 Å². The maximum absolute atomic E-state index is 14.0. The monoisotopic (exact) mass is 1010 g/mol. The van der Waals surface area contributed by atoms with E-state index in [1.165, 1.54) is 58.3 Å². The van der Waals surface area contributed by atoms with Crippen LogP contribution in [0, 0.1) is 46.9 Å². The Balaban J connectivity index is 0.891. The molecule has 3 unspecified atom stereocenters. The summed E-state index contributed by atoms with van der Waals surface area (Å²) < 4.78 is 53.8. The zero-order valence-corrected chi connectivity index (χ0v) is 40.5. The molecule has 0 bridgehead atoms. The third kappa shape index (κ3) is 13.7. The minimum absolute atomic E-state index is 0.00258. The van der Waals surface area contributed by atoms with Crippen molar-refractivity contribution in [2.45, 2.75) is 25.7 Å². The first-order valence-corrected chi connectivity index (χ1v) is 24.7. The average Bonchev–Trinajstić information content (AvgIpc) is 4.08. The highest BCUT2D eigenvalue weighted by atomic mass is 19.1. The van der Waals surface area contributed by atoms with Gasteiger partial charge in [-0.25, -0.2) is 17.6 Å². The standard InChI is InChI=1S/C58H56F4N6O6/c59-45-17-1-37(2-18-45)25-29-63-53(69)49-33-67(34-50(49)54(70)64-30-26-38-3-19-46(60)20-4-38)57(73)43-13-9-41(10-14-43)42-11-15-44(16-12-42)58(74)68-35-51(55(71)65-31-27-39-5-21-47(61)22-6-39)52(36-68)56(72)66-32-28-40-7-23-48(62)24-8-40/h1-24,49-52H,25-36H2,(H,63,69)(H,64,70)(H,65,71)(H,66,72)/t49-,50?,51?,52?/m1/s1. The van der Waals surface area contributed by atoms with Gasteiger partial charge in [-0.1, -0.05) is 72.8 Å². The molecule has 16 heteroatoms. The Morgan fingerprint density at radius 2 is 0.554 bits per heavy atom. The summed E-state index contributed by atoms with van der Waals surface area (Å²) in [6.45, 7) is 0.954. The van der Waals surface area contributed by atoms with Gasteiger partial charge in [-0.15, -0.1) is 0 Å². The molecule has 6 aromatic rings. The van der Waals surface area contributed by atoms with E-state index in [0.29, 0.717) is 36.8 Å². The van der Waals surface area contributed by atoms with Crippen LogP contribution in [0.2, 0.25) is 0 Å². The lowest BCUT2D eigenvalue weighted by Gasteiger charge is -2.17. The normalized spacial score (nSPS) is 17.1. The van der Waals surface area contributed by atoms with Gasteiger partial charge in [0.15, 0.2) is 0 Å². The first-order valence-electron chi connectivity index (χ1n) is 24.7. The Hall–Kier alpha value is -8.14. The summed E-state index contributed by atoms with van der Waals surface area (Å²) in [6.07, 6.45) is 1.75. The van der Waals surface area contributed by atoms with Crippen LogP contribution in [-0.2, 0) is 44.9 Å².